The van der Waals surface area contributed by atoms with Crippen molar-refractivity contribution in [2.24, 2.45) is 5.92 Å². The molecule has 1 unspecified atom stereocenters. The summed E-state index contributed by atoms with van der Waals surface area (Å²) in [4.78, 5) is 12.1. The molecule has 1 heterocycles. The van der Waals surface area contributed by atoms with E-state index in [4.69, 9.17) is 0 Å². The van der Waals surface area contributed by atoms with Crippen molar-refractivity contribution in [3.63, 3.8) is 0 Å². The number of anilines is 1. The molecule has 8 heteroatoms. The van der Waals surface area contributed by atoms with Gasteiger partial charge in [-0.15, -0.1) is 0 Å². The van der Waals surface area contributed by atoms with Crippen molar-refractivity contribution in [1.29, 1.82) is 0 Å². The lowest BCUT2D eigenvalue weighted by atomic mass is 9.98. The summed E-state index contributed by atoms with van der Waals surface area (Å²) in [6.07, 6.45) is -3.28. The summed E-state index contributed by atoms with van der Waals surface area (Å²) in [6.45, 7) is 0. The third-order valence-corrected chi connectivity index (χ3v) is 5.61. The minimum Gasteiger partial charge on any atom is -0.326 e. The minimum atomic E-state index is -4.59. The molecule has 0 saturated carbocycles. The molecule has 0 aromatic heterocycles. The maximum Gasteiger partial charge on any atom is 0.417 e. The van der Waals surface area contributed by atoms with Gasteiger partial charge in [0.25, 0.3) is 0 Å². The predicted octanol–water partition coefficient (Wildman–Crippen LogP) is 4.26. The van der Waals surface area contributed by atoms with Crippen molar-refractivity contribution < 1.29 is 26.4 Å². The van der Waals surface area contributed by atoms with E-state index in [1.54, 1.807) is 30.3 Å². The number of nitrogens with one attached hydrogen (secondary N) is 1. The van der Waals surface area contributed by atoms with E-state index in [0.717, 1.165) is 11.5 Å². The van der Waals surface area contributed by atoms with Gasteiger partial charge in [-0.05, 0) is 23.3 Å². The van der Waals surface area contributed by atoms with Crippen molar-refractivity contribution >= 4 is 21.4 Å². The molecule has 27 heavy (non-hydrogen) atoms. The van der Waals surface area contributed by atoms with E-state index in [2.05, 4.69) is 5.32 Å². The van der Waals surface area contributed by atoms with Crippen LogP contribution in [0.5, 0.6) is 0 Å². The first-order valence-electron chi connectivity index (χ1n) is 8.11. The summed E-state index contributed by atoms with van der Waals surface area (Å²) < 4.78 is 63.2. The molecular weight excluding hydrogens is 379 g/mol. The van der Waals surface area contributed by atoms with Gasteiger partial charge in [-0.1, -0.05) is 42.5 Å². The topological polar surface area (TPSA) is 63.2 Å². The molecule has 1 aliphatic rings. The second-order valence-corrected chi connectivity index (χ2v) is 8.23. The Balaban J connectivity index is 1.81. The molecule has 1 amide bonds. The Morgan fingerprint density at radius 1 is 1.11 bits per heavy atom. The SMILES string of the molecule is O=C(CC1C=CS(=O)(=O)C1)Nc1ccc(-c2ccccc2)c(C(F)(F)F)c1. The number of benzene rings is 2. The molecular formula is C19H16F3NO3S. The van der Waals surface area contributed by atoms with E-state index in [1.807, 2.05) is 0 Å². The van der Waals surface area contributed by atoms with Gasteiger partial charge in [-0.25, -0.2) is 8.42 Å². The zero-order chi connectivity index (χ0) is 19.7. The number of rotatable bonds is 4. The third kappa shape index (κ3) is 4.77. The smallest absolute Gasteiger partial charge is 0.326 e. The molecule has 2 aromatic carbocycles. The highest BCUT2D eigenvalue weighted by molar-refractivity contribution is 7.94. The molecule has 1 atom stereocenters. The molecule has 2 aromatic rings. The van der Waals surface area contributed by atoms with Crippen molar-refractivity contribution in [2.45, 2.75) is 12.6 Å². The van der Waals surface area contributed by atoms with Crippen LogP contribution in [0.2, 0.25) is 0 Å². The van der Waals surface area contributed by atoms with Crippen molar-refractivity contribution in [3.05, 3.63) is 65.6 Å². The van der Waals surface area contributed by atoms with Gasteiger partial charge in [0.05, 0.1) is 11.3 Å². The van der Waals surface area contributed by atoms with E-state index < -0.39 is 33.4 Å². The van der Waals surface area contributed by atoms with Crippen molar-refractivity contribution in [2.75, 3.05) is 11.1 Å². The standard InChI is InChI=1S/C19H16F3NO3S/c20-19(21,22)17-11-15(6-7-16(17)14-4-2-1-3-5-14)23-18(24)10-13-8-9-27(25,26)12-13/h1-9,11,13H,10,12H2,(H,23,24). The van der Waals surface area contributed by atoms with Crippen LogP contribution in [0.1, 0.15) is 12.0 Å². The highest BCUT2D eigenvalue weighted by Gasteiger charge is 2.34. The first-order valence-corrected chi connectivity index (χ1v) is 9.83. The predicted molar refractivity (Wildman–Crippen MR) is 96.5 cm³/mol. The molecule has 1 aliphatic heterocycles. The summed E-state index contributed by atoms with van der Waals surface area (Å²) in [5.41, 5.74) is -0.401. The zero-order valence-electron chi connectivity index (χ0n) is 14.0. The van der Waals surface area contributed by atoms with Crippen LogP contribution >= 0.6 is 0 Å². The zero-order valence-corrected chi connectivity index (χ0v) is 14.8. The van der Waals surface area contributed by atoms with Crippen LogP contribution in [0.25, 0.3) is 11.1 Å². The van der Waals surface area contributed by atoms with Crippen LogP contribution in [0, 0.1) is 5.92 Å². The second-order valence-electron chi connectivity index (χ2n) is 6.29. The van der Waals surface area contributed by atoms with Crippen LogP contribution in [0.3, 0.4) is 0 Å². The molecule has 0 aliphatic carbocycles. The summed E-state index contributed by atoms with van der Waals surface area (Å²) in [5.74, 6) is -1.18. The molecule has 3 rings (SSSR count). The fourth-order valence-electron chi connectivity index (χ4n) is 2.94. The van der Waals surface area contributed by atoms with E-state index in [1.165, 1.54) is 18.2 Å². The van der Waals surface area contributed by atoms with Crippen molar-refractivity contribution in [3.8, 4) is 11.1 Å². The third-order valence-electron chi connectivity index (χ3n) is 4.15. The number of allylic oxidation sites excluding steroid dienone is 1. The van der Waals surface area contributed by atoms with Crippen molar-refractivity contribution in [1.82, 2.24) is 0 Å². The van der Waals surface area contributed by atoms with Gasteiger partial charge in [0, 0.05) is 23.4 Å². The monoisotopic (exact) mass is 395 g/mol. The van der Waals surface area contributed by atoms with E-state index >= 15 is 0 Å². The highest BCUT2D eigenvalue weighted by Crippen LogP contribution is 2.38. The summed E-state index contributed by atoms with van der Waals surface area (Å²) in [6, 6.07) is 11.8. The first-order chi connectivity index (χ1) is 12.6. The Kier molecular flexibility index (Phi) is 5.10. The molecule has 142 valence electrons. The van der Waals surface area contributed by atoms with E-state index in [-0.39, 0.29) is 23.4 Å². The molecule has 0 fully saturated rings. The Bertz CT molecular complexity index is 983. The van der Waals surface area contributed by atoms with Crippen LogP contribution in [-0.4, -0.2) is 20.1 Å². The molecule has 4 nitrogen and oxygen atoms in total. The van der Waals surface area contributed by atoms with Gasteiger partial charge in [-0.2, -0.15) is 13.2 Å². The lowest BCUT2D eigenvalue weighted by Crippen LogP contribution is -2.18. The summed E-state index contributed by atoms with van der Waals surface area (Å²) >= 11 is 0. The number of hydrogen-bond donors (Lipinski definition) is 1. The van der Waals surface area contributed by atoms with Gasteiger partial charge in [0.2, 0.25) is 5.91 Å². The fourth-order valence-corrected chi connectivity index (χ4v) is 4.34. The minimum absolute atomic E-state index is 0.0110. The largest absolute Gasteiger partial charge is 0.417 e. The maximum absolute atomic E-state index is 13.5. The Hall–Kier alpha value is -2.61. The fraction of sp³-hybridized carbons (Fsp3) is 0.211. The number of carbonyl (C=O) groups is 1. The second kappa shape index (κ2) is 7.19. The van der Waals surface area contributed by atoms with Crippen LogP contribution < -0.4 is 5.32 Å². The molecule has 0 saturated heterocycles. The molecule has 0 bridgehead atoms. The Labute approximate surface area is 154 Å². The van der Waals surface area contributed by atoms with Gasteiger partial charge >= 0.3 is 6.18 Å². The van der Waals surface area contributed by atoms with Crippen LogP contribution in [0.15, 0.2) is 60.0 Å². The average Bonchev–Trinajstić information content (AvgIpc) is 2.93. The molecule has 1 N–H and O–H groups in total. The first kappa shape index (κ1) is 19.2. The van der Waals surface area contributed by atoms with Gasteiger partial charge in [0.15, 0.2) is 9.84 Å². The Morgan fingerprint density at radius 3 is 2.41 bits per heavy atom. The molecule has 0 spiro atoms. The number of hydrogen-bond acceptors (Lipinski definition) is 3. The van der Waals surface area contributed by atoms with Gasteiger partial charge in [-0.3, -0.25) is 4.79 Å². The Morgan fingerprint density at radius 2 is 1.81 bits per heavy atom. The lowest BCUT2D eigenvalue weighted by Gasteiger charge is -2.16. The number of alkyl halides is 3. The van der Waals surface area contributed by atoms with Gasteiger partial charge < -0.3 is 5.32 Å². The number of amides is 1. The lowest BCUT2D eigenvalue weighted by molar-refractivity contribution is -0.137. The average molecular weight is 395 g/mol. The van der Waals surface area contributed by atoms with E-state index in [9.17, 15) is 26.4 Å². The number of halogens is 3. The maximum atomic E-state index is 13.5. The van der Waals surface area contributed by atoms with Crippen LogP contribution in [0.4, 0.5) is 18.9 Å². The summed E-state index contributed by atoms with van der Waals surface area (Å²) in [5, 5.41) is 3.48. The highest BCUT2D eigenvalue weighted by atomic mass is 32.2. The van der Waals surface area contributed by atoms with Gasteiger partial charge in [0.1, 0.15) is 0 Å². The normalized spacial score (nSPS) is 18.4. The number of sulfone groups is 1. The summed E-state index contributed by atoms with van der Waals surface area (Å²) in [7, 11) is -3.29. The van der Waals surface area contributed by atoms with Crippen LogP contribution in [-0.2, 0) is 20.8 Å². The molecule has 0 radical (unpaired) electrons. The quantitative estimate of drug-likeness (QED) is 0.841. The van der Waals surface area contributed by atoms with E-state index in [0.29, 0.717) is 5.56 Å². The number of carbonyl (C=O) groups excluding carboxylic acids is 1.